The predicted molar refractivity (Wildman–Crippen MR) is 51.5 cm³/mol. The molecule has 0 aliphatic carbocycles. The molecule has 0 bridgehead atoms. The molecule has 2 atom stereocenters. The lowest BCUT2D eigenvalue weighted by Crippen LogP contribution is -2.51. The third-order valence-corrected chi connectivity index (χ3v) is 3.45. The summed E-state index contributed by atoms with van der Waals surface area (Å²) in [5, 5.41) is 6.29. The third-order valence-electron chi connectivity index (χ3n) is 3.45. The molecule has 0 amide bonds. The summed E-state index contributed by atoms with van der Waals surface area (Å²) >= 11 is 0. The van der Waals surface area contributed by atoms with Gasteiger partial charge in [-0.15, -0.1) is 0 Å². The highest BCUT2D eigenvalue weighted by Gasteiger charge is 2.45. The van der Waals surface area contributed by atoms with Crippen molar-refractivity contribution < 1.29 is 8.78 Å². The van der Waals surface area contributed by atoms with Gasteiger partial charge in [0.05, 0.1) is 0 Å². The maximum atomic E-state index is 13.6. The normalized spacial score (nSPS) is 38.1. The zero-order valence-electron chi connectivity index (χ0n) is 8.36. The van der Waals surface area contributed by atoms with Crippen LogP contribution in [0.2, 0.25) is 0 Å². The van der Waals surface area contributed by atoms with Crippen molar-refractivity contribution in [1.82, 2.24) is 10.6 Å². The Bertz CT molecular complexity index is 191. The highest BCUT2D eigenvalue weighted by molar-refractivity contribution is 4.90. The first-order chi connectivity index (χ1) is 6.70. The molecule has 2 aliphatic rings. The van der Waals surface area contributed by atoms with Crippen molar-refractivity contribution in [2.45, 2.75) is 25.2 Å². The van der Waals surface area contributed by atoms with E-state index in [-0.39, 0.29) is 12.3 Å². The highest BCUT2D eigenvalue weighted by Crippen LogP contribution is 2.37. The van der Waals surface area contributed by atoms with Gasteiger partial charge in [0, 0.05) is 25.4 Å². The lowest BCUT2D eigenvalue weighted by molar-refractivity contribution is -0.101. The molecule has 0 radical (unpaired) electrons. The van der Waals surface area contributed by atoms with E-state index in [1.165, 1.54) is 0 Å². The summed E-state index contributed by atoms with van der Waals surface area (Å²) in [6, 6.07) is 0. The number of rotatable bonds is 1. The number of piperidine rings is 2. The largest absolute Gasteiger partial charge is 0.316 e. The summed E-state index contributed by atoms with van der Waals surface area (Å²) in [5.41, 5.74) is 0. The Kier molecular flexibility index (Phi) is 3.02. The van der Waals surface area contributed by atoms with Crippen molar-refractivity contribution in [3.63, 3.8) is 0 Å². The minimum absolute atomic E-state index is 0.00810. The fourth-order valence-electron chi connectivity index (χ4n) is 2.58. The first-order valence-corrected chi connectivity index (χ1v) is 5.49. The Morgan fingerprint density at radius 2 is 1.86 bits per heavy atom. The Hall–Kier alpha value is -0.220. The van der Waals surface area contributed by atoms with Crippen LogP contribution in [0.15, 0.2) is 0 Å². The zero-order chi connectivity index (χ0) is 10.0. The molecule has 0 spiro atoms. The summed E-state index contributed by atoms with van der Waals surface area (Å²) in [6.45, 7) is 2.70. The van der Waals surface area contributed by atoms with Crippen molar-refractivity contribution in [1.29, 1.82) is 0 Å². The van der Waals surface area contributed by atoms with Crippen LogP contribution in [0.4, 0.5) is 8.78 Å². The predicted octanol–water partition coefficient (Wildman–Crippen LogP) is 1.23. The molecule has 2 fully saturated rings. The SMILES string of the molecule is FC1(F)CCNCC1C1CCCNC1. The van der Waals surface area contributed by atoms with Crippen LogP contribution in [0.1, 0.15) is 19.3 Å². The average Bonchev–Trinajstić information content (AvgIpc) is 2.18. The van der Waals surface area contributed by atoms with Crippen molar-refractivity contribution in [2.75, 3.05) is 26.2 Å². The van der Waals surface area contributed by atoms with Crippen molar-refractivity contribution in [3.05, 3.63) is 0 Å². The number of alkyl halides is 2. The smallest absolute Gasteiger partial charge is 0.253 e. The summed E-state index contributed by atoms with van der Waals surface area (Å²) in [6.07, 6.45) is 2.00. The first-order valence-electron chi connectivity index (χ1n) is 5.49. The van der Waals surface area contributed by atoms with E-state index in [9.17, 15) is 8.78 Å². The van der Waals surface area contributed by atoms with Crippen LogP contribution in [-0.4, -0.2) is 32.1 Å². The van der Waals surface area contributed by atoms with Gasteiger partial charge in [-0.1, -0.05) is 0 Å². The van der Waals surface area contributed by atoms with E-state index in [1.807, 2.05) is 0 Å². The zero-order valence-corrected chi connectivity index (χ0v) is 8.36. The molecule has 2 saturated heterocycles. The third kappa shape index (κ3) is 2.06. The van der Waals surface area contributed by atoms with Crippen LogP contribution in [0.5, 0.6) is 0 Å². The summed E-state index contributed by atoms with van der Waals surface area (Å²) in [5.74, 6) is -2.75. The standard InChI is InChI=1S/C10H18F2N2/c11-10(12)3-5-14-7-9(10)8-2-1-4-13-6-8/h8-9,13-14H,1-7H2. The van der Waals surface area contributed by atoms with E-state index >= 15 is 0 Å². The molecule has 0 aromatic carbocycles. The molecule has 0 aromatic heterocycles. The van der Waals surface area contributed by atoms with Gasteiger partial charge in [-0.05, 0) is 31.8 Å². The molecule has 4 heteroatoms. The van der Waals surface area contributed by atoms with Crippen molar-refractivity contribution in [2.24, 2.45) is 11.8 Å². The molecule has 2 N–H and O–H groups in total. The molecule has 2 nitrogen and oxygen atoms in total. The molecule has 0 saturated carbocycles. The fourth-order valence-corrected chi connectivity index (χ4v) is 2.58. The lowest BCUT2D eigenvalue weighted by Gasteiger charge is -2.39. The van der Waals surface area contributed by atoms with Gasteiger partial charge < -0.3 is 10.6 Å². The monoisotopic (exact) mass is 204 g/mol. The summed E-state index contributed by atoms with van der Waals surface area (Å²) in [7, 11) is 0. The molecule has 2 unspecified atom stereocenters. The maximum Gasteiger partial charge on any atom is 0.253 e. The number of hydrogen-bond acceptors (Lipinski definition) is 2. The van der Waals surface area contributed by atoms with Crippen LogP contribution < -0.4 is 10.6 Å². The van der Waals surface area contributed by atoms with Gasteiger partial charge in [0.25, 0.3) is 5.92 Å². The van der Waals surface area contributed by atoms with Gasteiger partial charge in [-0.2, -0.15) is 0 Å². The second-order valence-electron chi connectivity index (χ2n) is 4.43. The molecule has 82 valence electrons. The van der Waals surface area contributed by atoms with Gasteiger partial charge in [0.1, 0.15) is 0 Å². The minimum atomic E-state index is -2.45. The minimum Gasteiger partial charge on any atom is -0.316 e. The molecule has 0 aromatic rings. The van der Waals surface area contributed by atoms with Gasteiger partial charge in [0.2, 0.25) is 0 Å². The van der Waals surface area contributed by atoms with Gasteiger partial charge in [-0.3, -0.25) is 0 Å². The second kappa shape index (κ2) is 4.11. The number of halogens is 2. The Balaban J connectivity index is 1.99. The molecule has 2 heterocycles. The Morgan fingerprint density at radius 1 is 1.07 bits per heavy atom. The van der Waals surface area contributed by atoms with Crippen molar-refractivity contribution >= 4 is 0 Å². The van der Waals surface area contributed by atoms with Crippen LogP contribution >= 0.6 is 0 Å². The Morgan fingerprint density at radius 3 is 2.50 bits per heavy atom. The van der Waals surface area contributed by atoms with Crippen LogP contribution in [0, 0.1) is 11.8 Å². The van der Waals surface area contributed by atoms with Gasteiger partial charge in [0.15, 0.2) is 0 Å². The van der Waals surface area contributed by atoms with E-state index in [0.29, 0.717) is 13.1 Å². The quantitative estimate of drug-likeness (QED) is 0.671. The van der Waals surface area contributed by atoms with Crippen LogP contribution in [0.3, 0.4) is 0 Å². The molecular weight excluding hydrogens is 186 g/mol. The molecule has 2 aliphatic heterocycles. The summed E-state index contributed by atoms with van der Waals surface area (Å²) < 4.78 is 27.2. The fraction of sp³-hybridized carbons (Fsp3) is 1.00. The molecule has 14 heavy (non-hydrogen) atoms. The van der Waals surface area contributed by atoms with Crippen LogP contribution in [-0.2, 0) is 0 Å². The Labute approximate surface area is 83.4 Å². The van der Waals surface area contributed by atoms with E-state index in [1.54, 1.807) is 0 Å². The maximum absolute atomic E-state index is 13.6. The average molecular weight is 204 g/mol. The number of nitrogens with one attached hydrogen (secondary N) is 2. The van der Waals surface area contributed by atoms with Gasteiger partial charge in [-0.25, -0.2) is 8.78 Å². The van der Waals surface area contributed by atoms with E-state index in [0.717, 1.165) is 25.9 Å². The highest BCUT2D eigenvalue weighted by atomic mass is 19.3. The second-order valence-corrected chi connectivity index (χ2v) is 4.43. The van der Waals surface area contributed by atoms with E-state index < -0.39 is 11.8 Å². The molecule has 2 rings (SSSR count). The lowest BCUT2D eigenvalue weighted by atomic mass is 9.79. The molecular formula is C10H18F2N2. The van der Waals surface area contributed by atoms with E-state index in [2.05, 4.69) is 10.6 Å². The summed E-state index contributed by atoms with van der Waals surface area (Å²) in [4.78, 5) is 0. The van der Waals surface area contributed by atoms with Crippen LogP contribution in [0.25, 0.3) is 0 Å². The van der Waals surface area contributed by atoms with E-state index in [4.69, 9.17) is 0 Å². The topological polar surface area (TPSA) is 24.1 Å². The van der Waals surface area contributed by atoms with Crippen molar-refractivity contribution in [3.8, 4) is 0 Å². The first kappa shape index (κ1) is 10.3. The van der Waals surface area contributed by atoms with Gasteiger partial charge >= 0.3 is 0 Å². The number of hydrogen-bond donors (Lipinski definition) is 2.